The highest BCUT2D eigenvalue weighted by Crippen LogP contribution is 2.52. The largest absolute Gasteiger partial charge is 0.374 e. The molecular formula is C26H28F2IN3O2S. The van der Waals surface area contributed by atoms with E-state index in [1.807, 2.05) is 52.9 Å². The van der Waals surface area contributed by atoms with E-state index in [9.17, 15) is 13.6 Å². The number of halogens is 3. The molecule has 5 nitrogen and oxygen atoms in total. The molecule has 0 unspecified atom stereocenters. The van der Waals surface area contributed by atoms with Gasteiger partial charge in [-0.2, -0.15) is 0 Å². The lowest BCUT2D eigenvalue weighted by Gasteiger charge is -2.22. The number of alkyl halides is 1. The third-order valence-electron chi connectivity index (χ3n) is 5.97. The Morgan fingerprint density at radius 1 is 1.17 bits per heavy atom. The van der Waals surface area contributed by atoms with Gasteiger partial charge in [0.25, 0.3) is 5.56 Å². The summed E-state index contributed by atoms with van der Waals surface area (Å²) in [6, 6.07) is 16.3. The predicted octanol–water partition coefficient (Wildman–Crippen LogP) is 6.72. The molecule has 2 aromatic carbocycles. The van der Waals surface area contributed by atoms with Gasteiger partial charge in [0.05, 0.1) is 24.6 Å². The van der Waals surface area contributed by atoms with Crippen molar-refractivity contribution in [2.24, 2.45) is 7.05 Å². The maximum absolute atomic E-state index is 14.7. The molecule has 3 aromatic rings. The van der Waals surface area contributed by atoms with Gasteiger partial charge >= 0.3 is 0 Å². The molecule has 4 rings (SSSR count). The van der Waals surface area contributed by atoms with Crippen molar-refractivity contribution in [2.45, 2.75) is 43.7 Å². The summed E-state index contributed by atoms with van der Waals surface area (Å²) in [5, 5.41) is 3.06. The van der Waals surface area contributed by atoms with Gasteiger partial charge in [0, 0.05) is 20.9 Å². The number of aromatic nitrogens is 1. The van der Waals surface area contributed by atoms with Crippen molar-refractivity contribution >= 4 is 51.7 Å². The van der Waals surface area contributed by atoms with E-state index in [1.165, 1.54) is 22.6 Å². The van der Waals surface area contributed by atoms with E-state index < -0.39 is 12.0 Å². The molecule has 1 aliphatic rings. The highest BCUT2D eigenvalue weighted by Gasteiger charge is 2.46. The van der Waals surface area contributed by atoms with Gasteiger partial charge < -0.3 is 14.8 Å². The Balaban J connectivity index is 1.40. The standard InChI is InChI=1S/C26H28F2IN3O2S/c1-17-12-23(24(32(2)25(17)33)30-22-9-8-20(29)13-21(22)28)31-35-26(10-11-26)14-19(27)16-34-15-18-6-4-3-5-7-18/h3-9,12-13,19,30-31H,10-11,14-16H2,1-2H3/t19-/m1/s1. The average Bonchev–Trinajstić information content (AvgIpc) is 3.59. The lowest BCUT2D eigenvalue weighted by molar-refractivity contribution is 0.0656. The minimum absolute atomic E-state index is 0.0506. The van der Waals surface area contributed by atoms with Gasteiger partial charge in [-0.1, -0.05) is 30.3 Å². The lowest BCUT2D eigenvalue weighted by Crippen LogP contribution is -2.23. The molecule has 2 N–H and O–H groups in total. The summed E-state index contributed by atoms with van der Waals surface area (Å²) in [5.74, 6) is 0.0463. The van der Waals surface area contributed by atoms with Crippen LogP contribution in [0.25, 0.3) is 0 Å². The quantitative estimate of drug-likeness (QED) is 0.186. The van der Waals surface area contributed by atoms with Crippen molar-refractivity contribution in [2.75, 3.05) is 16.6 Å². The molecule has 0 spiro atoms. The summed E-state index contributed by atoms with van der Waals surface area (Å²) in [6.45, 7) is 2.18. The molecule has 1 atom stereocenters. The smallest absolute Gasteiger partial charge is 0.254 e. The molecule has 0 radical (unpaired) electrons. The molecule has 0 amide bonds. The van der Waals surface area contributed by atoms with Gasteiger partial charge in [-0.3, -0.25) is 9.36 Å². The minimum atomic E-state index is -1.07. The van der Waals surface area contributed by atoms with Crippen LogP contribution in [0.2, 0.25) is 0 Å². The van der Waals surface area contributed by atoms with Crippen LogP contribution in [0.4, 0.5) is 26.0 Å². The van der Waals surface area contributed by atoms with E-state index in [-0.39, 0.29) is 22.6 Å². The second-order valence-electron chi connectivity index (χ2n) is 8.89. The van der Waals surface area contributed by atoms with E-state index in [0.29, 0.717) is 30.1 Å². The zero-order valence-electron chi connectivity index (χ0n) is 19.6. The zero-order valence-corrected chi connectivity index (χ0v) is 22.6. The Bertz CT molecular complexity index is 1240. The number of rotatable bonds is 11. The number of aryl methyl sites for hydroxylation is 1. The summed E-state index contributed by atoms with van der Waals surface area (Å²) >= 11 is 3.51. The van der Waals surface area contributed by atoms with Crippen molar-refractivity contribution in [1.29, 1.82) is 0 Å². The maximum Gasteiger partial charge on any atom is 0.254 e. The second kappa shape index (κ2) is 11.3. The van der Waals surface area contributed by atoms with Gasteiger partial charge in [-0.15, -0.1) is 0 Å². The number of hydrogen-bond acceptors (Lipinski definition) is 5. The molecule has 1 fully saturated rings. The SMILES string of the molecule is Cc1cc(NSC2(C[C@@H](F)COCc3ccccc3)CC2)c(Nc2ccc(I)cc2F)n(C)c1=O. The second-order valence-corrected chi connectivity index (χ2v) is 11.4. The van der Waals surface area contributed by atoms with Gasteiger partial charge in [-0.05, 0) is 90.6 Å². The summed E-state index contributed by atoms with van der Waals surface area (Å²) in [4.78, 5) is 12.6. The minimum Gasteiger partial charge on any atom is -0.374 e. The first kappa shape index (κ1) is 26.0. The molecule has 0 saturated heterocycles. The highest BCUT2D eigenvalue weighted by atomic mass is 127. The summed E-state index contributed by atoms with van der Waals surface area (Å²) < 4.78 is 40.1. The number of pyridine rings is 1. The van der Waals surface area contributed by atoms with E-state index in [4.69, 9.17) is 4.74 Å². The summed E-state index contributed by atoms with van der Waals surface area (Å²) in [6.07, 6.45) is 1.08. The fourth-order valence-corrected chi connectivity index (χ4v) is 5.34. The number of ether oxygens (including phenoxy) is 1. The predicted molar refractivity (Wildman–Crippen MR) is 148 cm³/mol. The van der Waals surface area contributed by atoms with Crippen LogP contribution in [0.5, 0.6) is 0 Å². The Hall–Kier alpha value is -2.11. The lowest BCUT2D eigenvalue weighted by atomic mass is 10.2. The Morgan fingerprint density at radius 2 is 1.91 bits per heavy atom. The molecule has 0 bridgehead atoms. The van der Waals surface area contributed by atoms with Gasteiger partial charge in [0.15, 0.2) is 0 Å². The Morgan fingerprint density at radius 3 is 2.60 bits per heavy atom. The third-order valence-corrected chi connectivity index (χ3v) is 7.97. The van der Waals surface area contributed by atoms with E-state index in [1.54, 1.807) is 32.2 Å². The first-order valence-electron chi connectivity index (χ1n) is 11.4. The van der Waals surface area contributed by atoms with E-state index in [0.717, 1.165) is 22.0 Å². The molecular weight excluding hydrogens is 583 g/mol. The fourth-order valence-electron chi connectivity index (χ4n) is 3.83. The summed E-state index contributed by atoms with van der Waals surface area (Å²) in [7, 11) is 1.65. The number of anilines is 3. The maximum atomic E-state index is 14.7. The normalized spacial score (nSPS) is 15.0. The van der Waals surface area contributed by atoms with Crippen molar-refractivity contribution < 1.29 is 13.5 Å². The van der Waals surface area contributed by atoms with Gasteiger partial charge in [0.2, 0.25) is 0 Å². The van der Waals surface area contributed by atoms with Gasteiger partial charge in [-0.25, -0.2) is 8.78 Å². The topological polar surface area (TPSA) is 55.3 Å². The molecule has 9 heteroatoms. The summed E-state index contributed by atoms with van der Waals surface area (Å²) in [5.41, 5.74) is 2.33. The molecule has 1 aliphatic carbocycles. The Labute approximate surface area is 221 Å². The number of benzene rings is 2. The molecule has 1 heterocycles. The Kier molecular flexibility index (Phi) is 8.38. The zero-order chi connectivity index (χ0) is 25.0. The molecule has 0 aliphatic heterocycles. The van der Waals surface area contributed by atoms with Crippen LogP contribution in [0.3, 0.4) is 0 Å². The number of nitrogens with one attached hydrogen (secondary N) is 2. The van der Waals surface area contributed by atoms with Crippen LogP contribution in [0.15, 0.2) is 59.4 Å². The van der Waals surface area contributed by atoms with E-state index in [2.05, 4.69) is 10.0 Å². The van der Waals surface area contributed by atoms with Crippen LogP contribution in [-0.4, -0.2) is 22.1 Å². The number of hydrogen-bond donors (Lipinski definition) is 2. The molecule has 35 heavy (non-hydrogen) atoms. The van der Waals surface area contributed by atoms with Crippen LogP contribution >= 0.6 is 34.5 Å². The molecule has 186 valence electrons. The third kappa shape index (κ3) is 6.77. The first-order chi connectivity index (χ1) is 16.8. The molecule has 1 aromatic heterocycles. The van der Waals surface area contributed by atoms with Crippen LogP contribution in [0.1, 0.15) is 30.4 Å². The van der Waals surface area contributed by atoms with Crippen LogP contribution in [0, 0.1) is 16.3 Å². The van der Waals surface area contributed by atoms with Crippen LogP contribution in [-0.2, 0) is 18.4 Å². The monoisotopic (exact) mass is 611 g/mol. The van der Waals surface area contributed by atoms with Gasteiger partial charge in [0.1, 0.15) is 17.8 Å². The fraction of sp³-hybridized carbons (Fsp3) is 0.346. The highest BCUT2D eigenvalue weighted by molar-refractivity contribution is 14.1. The van der Waals surface area contributed by atoms with Crippen molar-refractivity contribution in [3.63, 3.8) is 0 Å². The van der Waals surface area contributed by atoms with Crippen molar-refractivity contribution in [1.82, 2.24) is 4.57 Å². The van der Waals surface area contributed by atoms with Crippen molar-refractivity contribution in [3.05, 3.63) is 85.5 Å². The first-order valence-corrected chi connectivity index (χ1v) is 13.3. The molecule has 1 saturated carbocycles. The van der Waals surface area contributed by atoms with Crippen molar-refractivity contribution in [3.8, 4) is 0 Å². The average molecular weight is 611 g/mol. The van der Waals surface area contributed by atoms with E-state index >= 15 is 0 Å². The van der Waals surface area contributed by atoms with Crippen LogP contribution < -0.4 is 15.6 Å². The number of nitrogens with zero attached hydrogens (tertiary/aromatic N) is 1.